The Morgan fingerprint density at radius 2 is 2.07 bits per heavy atom. The van der Waals surface area contributed by atoms with E-state index in [1.54, 1.807) is 0 Å². The molecule has 1 aliphatic heterocycles. The molecule has 0 radical (unpaired) electrons. The van der Waals surface area contributed by atoms with Crippen LogP contribution in [0.25, 0.3) is 0 Å². The monoisotopic (exact) mass is 214 g/mol. The number of ether oxygens (including phenoxy) is 1. The summed E-state index contributed by atoms with van der Waals surface area (Å²) in [5, 5.41) is 0. The van der Waals surface area contributed by atoms with Crippen LogP contribution in [0.4, 0.5) is 0 Å². The summed E-state index contributed by atoms with van der Waals surface area (Å²) in [5.41, 5.74) is 6.33. The smallest absolute Gasteiger partial charge is 0.0662 e. The number of hydrogen-bond donors (Lipinski definition) is 1. The third-order valence-corrected chi connectivity index (χ3v) is 3.20. The summed E-state index contributed by atoms with van der Waals surface area (Å²) in [6.45, 7) is 10.2. The van der Waals surface area contributed by atoms with Gasteiger partial charge >= 0.3 is 0 Å². The summed E-state index contributed by atoms with van der Waals surface area (Å²) >= 11 is 0. The van der Waals surface area contributed by atoms with Crippen LogP contribution in [0.5, 0.6) is 0 Å². The van der Waals surface area contributed by atoms with Gasteiger partial charge in [0.05, 0.1) is 12.1 Å². The Morgan fingerprint density at radius 3 is 2.47 bits per heavy atom. The maximum atomic E-state index is 5.94. The van der Waals surface area contributed by atoms with Gasteiger partial charge < -0.3 is 10.5 Å². The fourth-order valence-electron chi connectivity index (χ4n) is 2.33. The van der Waals surface area contributed by atoms with E-state index in [4.69, 9.17) is 10.5 Å². The Morgan fingerprint density at radius 1 is 1.40 bits per heavy atom. The largest absolute Gasteiger partial charge is 0.379 e. The highest BCUT2D eigenvalue weighted by Crippen LogP contribution is 2.27. The Hall–Kier alpha value is -0.120. The lowest BCUT2D eigenvalue weighted by atomic mass is 9.87. The van der Waals surface area contributed by atoms with E-state index in [1.165, 1.54) is 0 Å². The van der Waals surface area contributed by atoms with Crippen LogP contribution in [0.1, 0.15) is 33.6 Å². The predicted octanol–water partition coefficient (Wildman–Crippen LogP) is 1.47. The molecule has 1 aliphatic rings. The summed E-state index contributed by atoms with van der Waals surface area (Å²) < 4.78 is 5.59. The second-order valence-corrected chi connectivity index (χ2v) is 6.00. The highest BCUT2D eigenvalue weighted by atomic mass is 16.5. The molecule has 0 saturated carbocycles. The van der Waals surface area contributed by atoms with E-state index >= 15 is 0 Å². The minimum atomic E-state index is 0.0749. The van der Waals surface area contributed by atoms with Crippen LogP contribution in [0, 0.1) is 5.41 Å². The normalized spacial score (nSPS) is 28.4. The molecule has 3 nitrogen and oxygen atoms in total. The molecule has 0 aromatic carbocycles. The van der Waals surface area contributed by atoms with Gasteiger partial charge in [-0.05, 0) is 25.3 Å². The molecule has 3 heteroatoms. The summed E-state index contributed by atoms with van der Waals surface area (Å²) in [6.07, 6.45) is 2.29. The minimum Gasteiger partial charge on any atom is -0.379 e. The average molecular weight is 214 g/mol. The van der Waals surface area contributed by atoms with E-state index in [1.807, 2.05) is 0 Å². The molecule has 1 heterocycles. The molecular formula is C12H26N2O. The van der Waals surface area contributed by atoms with Crippen LogP contribution >= 0.6 is 0 Å². The average Bonchev–Trinajstić information content (AvgIpc) is 2.16. The van der Waals surface area contributed by atoms with Crippen molar-refractivity contribution >= 4 is 0 Å². The number of nitrogens with two attached hydrogens (primary N) is 1. The first kappa shape index (κ1) is 12.9. The van der Waals surface area contributed by atoms with Crippen molar-refractivity contribution in [2.24, 2.45) is 11.1 Å². The van der Waals surface area contributed by atoms with Crippen LogP contribution in [0.15, 0.2) is 0 Å². The van der Waals surface area contributed by atoms with Crippen LogP contribution in [-0.4, -0.2) is 43.8 Å². The lowest BCUT2D eigenvalue weighted by Crippen LogP contribution is -2.58. The Balaban J connectivity index is 2.63. The molecule has 2 N–H and O–H groups in total. The number of likely N-dealkylation sites (N-methyl/N-ethyl adjacent to an activating group) is 1. The van der Waals surface area contributed by atoms with Gasteiger partial charge in [0, 0.05) is 19.7 Å². The van der Waals surface area contributed by atoms with Gasteiger partial charge in [-0.15, -0.1) is 0 Å². The van der Waals surface area contributed by atoms with Crippen molar-refractivity contribution in [3.8, 4) is 0 Å². The third-order valence-electron chi connectivity index (χ3n) is 3.20. The zero-order valence-electron chi connectivity index (χ0n) is 10.7. The van der Waals surface area contributed by atoms with E-state index in [2.05, 4.69) is 32.7 Å². The molecule has 1 unspecified atom stereocenters. The van der Waals surface area contributed by atoms with Gasteiger partial charge in [0.1, 0.15) is 0 Å². The fourth-order valence-corrected chi connectivity index (χ4v) is 2.33. The molecule has 1 rings (SSSR count). The van der Waals surface area contributed by atoms with Crippen molar-refractivity contribution < 1.29 is 4.74 Å². The molecule has 90 valence electrons. The van der Waals surface area contributed by atoms with Crippen LogP contribution < -0.4 is 5.73 Å². The van der Waals surface area contributed by atoms with Crippen LogP contribution in [0.2, 0.25) is 0 Å². The van der Waals surface area contributed by atoms with Crippen LogP contribution in [-0.2, 0) is 4.74 Å². The lowest BCUT2D eigenvalue weighted by molar-refractivity contribution is -0.0439. The summed E-state index contributed by atoms with van der Waals surface area (Å²) in [6, 6.07) is 0. The van der Waals surface area contributed by atoms with Crippen molar-refractivity contribution in [1.29, 1.82) is 0 Å². The SMILES string of the molecule is CN(CC(C)(C)C)C1(CN)CCCOC1. The van der Waals surface area contributed by atoms with Gasteiger partial charge in [-0.3, -0.25) is 4.90 Å². The molecule has 0 amide bonds. The lowest BCUT2D eigenvalue weighted by Gasteiger charge is -2.45. The summed E-state index contributed by atoms with van der Waals surface area (Å²) in [5.74, 6) is 0. The molecule has 0 spiro atoms. The molecule has 0 bridgehead atoms. The first-order valence-corrected chi connectivity index (χ1v) is 5.89. The number of nitrogens with zero attached hydrogens (tertiary/aromatic N) is 1. The molecule has 1 saturated heterocycles. The minimum absolute atomic E-state index is 0.0749. The van der Waals surface area contributed by atoms with E-state index in [-0.39, 0.29) is 5.54 Å². The van der Waals surface area contributed by atoms with E-state index < -0.39 is 0 Å². The molecule has 1 atom stereocenters. The zero-order chi connectivity index (χ0) is 11.5. The Labute approximate surface area is 94.0 Å². The first-order valence-electron chi connectivity index (χ1n) is 5.89. The Kier molecular flexibility index (Phi) is 4.15. The van der Waals surface area contributed by atoms with E-state index in [0.717, 1.165) is 32.6 Å². The molecule has 15 heavy (non-hydrogen) atoms. The molecule has 1 fully saturated rings. The topological polar surface area (TPSA) is 38.5 Å². The maximum Gasteiger partial charge on any atom is 0.0662 e. The zero-order valence-corrected chi connectivity index (χ0v) is 10.7. The third kappa shape index (κ3) is 3.44. The maximum absolute atomic E-state index is 5.94. The highest BCUT2D eigenvalue weighted by molar-refractivity contribution is 4.93. The number of hydrogen-bond acceptors (Lipinski definition) is 3. The highest BCUT2D eigenvalue weighted by Gasteiger charge is 2.36. The van der Waals surface area contributed by atoms with Gasteiger partial charge in [-0.2, -0.15) is 0 Å². The van der Waals surface area contributed by atoms with Gasteiger partial charge in [-0.1, -0.05) is 20.8 Å². The van der Waals surface area contributed by atoms with Crippen LogP contribution in [0.3, 0.4) is 0 Å². The molecule has 0 aliphatic carbocycles. The van der Waals surface area contributed by atoms with E-state index in [0.29, 0.717) is 12.0 Å². The standard InChI is InChI=1S/C12H26N2O/c1-11(2,3)9-14(4)12(8-13)6-5-7-15-10-12/h5-10,13H2,1-4H3. The molecular weight excluding hydrogens is 188 g/mol. The van der Waals surface area contributed by atoms with Gasteiger partial charge in [-0.25, -0.2) is 0 Å². The quantitative estimate of drug-likeness (QED) is 0.773. The van der Waals surface area contributed by atoms with Crippen molar-refractivity contribution in [2.45, 2.75) is 39.2 Å². The van der Waals surface area contributed by atoms with Crippen molar-refractivity contribution in [3.05, 3.63) is 0 Å². The molecule has 0 aromatic rings. The number of rotatable bonds is 3. The summed E-state index contributed by atoms with van der Waals surface area (Å²) in [4.78, 5) is 2.40. The predicted molar refractivity (Wildman–Crippen MR) is 63.9 cm³/mol. The van der Waals surface area contributed by atoms with Gasteiger partial charge in [0.2, 0.25) is 0 Å². The fraction of sp³-hybridized carbons (Fsp3) is 1.00. The summed E-state index contributed by atoms with van der Waals surface area (Å²) in [7, 11) is 2.17. The van der Waals surface area contributed by atoms with Gasteiger partial charge in [0.15, 0.2) is 0 Å². The Bertz CT molecular complexity index is 192. The molecule has 0 aromatic heterocycles. The van der Waals surface area contributed by atoms with Crippen molar-refractivity contribution in [3.63, 3.8) is 0 Å². The second-order valence-electron chi connectivity index (χ2n) is 6.00. The van der Waals surface area contributed by atoms with Crippen molar-refractivity contribution in [2.75, 3.05) is 33.4 Å². The first-order chi connectivity index (χ1) is 6.90. The van der Waals surface area contributed by atoms with Crippen molar-refractivity contribution in [1.82, 2.24) is 4.90 Å². The van der Waals surface area contributed by atoms with Gasteiger partial charge in [0.25, 0.3) is 0 Å². The second kappa shape index (κ2) is 4.81. The van der Waals surface area contributed by atoms with E-state index in [9.17, 15) is 0 Å².